The summed E-state index contributed by atoms with van der Waals surface area (Å²) >= 11 is 6.34. The topological polar surface area (TPSA) is 42.3 Å². The number of hydrogen-bond acceptors (Lipinski definition) is 2. The van der Waals surface area contributed by atoms with Gasteiger partial charge in [-0.3, -0.25) is 0 Å². The SMILES string of the molecule is CN(C)S(=O)(=O)n1cc(Br)cc1Br. The molecule has 1 aromatic rings. The van der Waals surface area contributed by atoms with Crippen molar-refractivity contribution < 1.29 is 8.42 Å². The second-order valence-corrected chi connectivity index (χ2v) is 6.31. The maximum atomic E-state index is 11.6. The van der Waals surface area contributed by atoms with Crippen molar-refractivity contribution in [3.63, 3.8) is 0 Å². The molecule has 0 radical (unpaired) electrons. The molecule has 74 valence electrons. The first-order valence-electron chi connectivity index (χ1n) is 3.32. The lowest BCUT2D eigenvalue weighted by Crippen LogP contribution is -2.28. The fourth-order valence-corrected chi connectivity index (χ4v) is 3.38. The Bertz CT molecular complexity index is 410. The van der Waals surface area contributed by atoms with Crippen LogP contribution in [-0.4, -0.2) is 30.8 Å². The van der Waals surface area contributed by atoms with Crippen LogP contribution in [0.2, 0.25) is 0 Å². The number of rotatable bonds is 2. The van der Waals surface area contributed by atoms with E-state index in [9.17, 15) is 8.42 Å². The van der Waals surface area contributed by atoms with Crippen LogP contribution in [0.15, 0.2) is 21.3 Å². The zero-order valence-electron chi connectivity index (χ0n) is 7.03. The van der Waals surface area contributed by atoms with E-state index in [-0.39, 0.29) is 0 Å². The van der Waals surface area contributed by atoms with E-state index in [4.69, 9.17) is 0 Å². The van der Waals surface area contributed by atoms with Crippen molar-refractivity contribution in [2.75, 3.05) is 14.1 Å². The molecule has 0 bridgehead atoms. The molecule has 13 heavy (non-hydrogen) atoms. The normalized spacial score (nSPS) is 12.4. The molecule has 7 heteroatoms. The molecule has 0 atom stereocenters. The van der Waals surface area contributed by atoms with E-state index in [0.717, 1.165) is 8.28 Å². The predicted octanol–water partition coefficient (Wildman–Crippen LogP) is 1.67. The maximum Gasteiger partial charge on any atom is 0.307 e. The van der Waals surface area contributed by atoms with Crippen molar-refractivity contribution in [2.24, 2.45) is 0 Å². The van der Waals surface area contributed by atoms with Crippen molar-refractivity contribution in [3.8, 4) is 0 Å². The molecule has 0 aliphatic carbocycles. The van der Waals surface area contributed by atoms with Gasteiger partial charge in [-0.1, -0.05) is 0 Å². The Hall–Kier alpha value is 0.150. The Morgan fingerprint density at radius 1 is 1.38 bits per heavy atom. The number of halogens is 2. The lowest BCUT2D eigenvalue weighted by Gasteiger charge is -2.12. The van der Waals surface area contributed by atoms with Gasteiger partial charge in [-0.2, -0.15) is 12.7 Å². The van der Waals surface area contributed by atoms with Crippen molar-refractivity contribution in [1.82, 2.24) is 8.28 Å². The molecule has 0 saturated heterocycles. The number of hydrogen-bond donors (Lipinski definition) is 0. The first-order valence-corrected chi connectivity index (χ1v) is 6.30. The Kier molecular flexibility index (Phi) is 3.21. The van der Waals surface area contributed by atoms with Gasteiger partial charge < -0.3 is 0 Å². The van der Waals surface area contributed by atoms with Gasteiger partial charge in [-0.25, -0.2) is 3.97 Å². The van der Waals surface area contributed by atoms with Gasteiger partial charge in [0.1, 0.15) is 4.60 Å². The van der Waals surface area contributed by atoms with E-state index in [0.29, 0.717) is 9.08 Å². The highest BCUT2D eigenvalue weighted by Gasteiger charge is 2.18. The first-order chi connectivity index (χ1) is 5.85. The van der Waals surface area contributed by atoms with E-state index < -0.39 is 10.2 Å². The molecule has 0 amide bonds. The molecule has 0 aliphatic heterocycles. The standard InChI is InChI=1S/C6H8Br2N2O2S/c1-9(2)13(11,12)10-4-5(7)3-6(10)8/h3-4H,1-2H3. The van der Waals surface area contributed by atoms with Gasteiger partial charge in [0.2, 0.25) is 0 Å². The molecule has 1 rings (SSSR count). The zero-order valence-corrected chi connectivity index (χ0v) is 11.0. The van der Waals surface area contributed by atoms with Gasteiger partial charge >= 0.3 is 10.2 Å². The van der Waals surface area contributed by atoms with Crippen LogP contribution >= 0.6 is 31.9 Å². The average Bonchev–Trinajstić information content (AvgIpc) is 2.30. The minimum Gasteiger partial charge on any atom is -0.225 e. The van der Waals surface area contributed by atoms with E-state index in [2.05, 4.69) is 31.9 Å². The summed E-state index contributed by atoms with van der Waals surface area (Å²) in [5.41, 5.74) is 0. The van der Waals surface area contributed by atoms with Crippen LogP contribution in [0, 0.1) is 0 Å². The van der Waals surface area contributed by atoms with Crippen LogP contribution in [0.4, 0.5) is 0 Å². The molecule has 0 saturated carbocycles. The molecule has 0 fully saturated rings. The lowest BCUT2D eigenvalue weighted by molar-refractivity contribution is 0.510. The van der Waals surface area contributed by atoms with Crippen molar-refractivity contribution >= 4 is 42.1 Å². The molecule has 0 aliphatic rings. The maximum absolute atomic E-state index is 11.6. The second kappa shape index (κ2) is 3.72. The third-order valence-electron chi connectivity index (χ3n) is 1.42. The molecule has 4 nitrogen and oxygen atoms in total. The van der Waals surface area contributed by atoms with Crippen molar-refractivity contribution in [1.29, 1.82) is 0 Å². The fourth-order valence-electron chi connectivity index (χ4n) is 0.741. The summed E-state index contributed by atoms with van der Waals surface area (Å²) in [6, 6.07) is 1.67. The van der Waals surface area contributed by atoms with Gasteiger partial charge in [-0.05, 0) is 37.9 Å². The molecule has 0 aromatic carbocycles. The Balaban J connectivity index is 3.31. The van der Waals surface area contributed by atoms with Crippen molar-refractivity contribution in [3.05, 3.63) is 21.3 Å². The summed E-state index contributed by atoms with van der Waals surface area (Å²) in [6.07, 6.45) is 1.49. The molecule has 1 aromatic heterocycles. The quantitative estimate of drug-likeness (QED) is 0.827. The van der Waals surface area contributed by atoms with Gasteiger partial charge in [0.05, 0.1) is 0 Å². The van der Waals surface area contributed by atoms with Crippen LogP contribution in [-0.2, 0) is 10.2 Å². The van der Waals surface area contributed by atoms with Crippen molar-refractivity contribution in [2.45, 2.75) is 0 Å². The smallest absolute Gasteiger partial charge is 0.225 e. The predicted molar refractivity (Wildman–Crippen MR) is 57.8 cm³/mol. The Morgan fingerprint density at radius 2 is 1.92 bits per heavy atom. The minimum absolute atomic E-state index is 0.494. The fraction of sp³-hybridized carbons (Fsp3) is 0.333. The molecular formula is C6H8Br2N2O2S. The summed E-state index contributed by atoms with van der Waals surface area (Å²) in [5.74, 6) is 0. The minimum atomic E-state index is -3.41. The third-order valence-corrected chi connectivity index (χ3v) is 4.42. The summed E-state index contributed by atoms with van der Waals surface area (Å²) in [6.45, 7) is 0. The van der Waals surface area contributed by atoms with Crippen LogP contribution in [0.5, 0.6) is 0 Å². The van der Waals surface area contributed by atoms with E-state index in [1.165, 1.54) is 20.3 Å². The monoisotopic (exact) mass is 330 g/mol. The summed E-state index contributed by atoms with van der Waals surface area (Å²) in [7, 11) is -0.450. The Labute approximate surface area is 94.0 Å². The lowest BCUT2D eigenvalue weighted by atomic mass is 10.7. The third kappa shape index (κ3) is 2.15. The highest BCUT2D eigenvalue weighted by Crippen LogP contribution is 2.22. The molecule has 0 N–H and O–H groups in total. The number of nitrogens with zero attached hydrogens (tertiary/aromatic N) is 2. The van der Waals surface area contributed by atoms with E-state index in [1.807, 2.05) is 0 Å². The van der Waals surface area contributed by atoms with Crippen LogP contribution in [0.1, 0.15) is 0 Å². The summed E-state index contributed by atoms with van der Waals surface area (Å²) < 4.78 is 26.7. The van der Waals surface area contributed by atoms with Gasteiger partial charge in [0.25, 0.3) is 0 Å². The summed E-state index contributed by atoms with van der Waals surface area (Å²) in [5, 5.41) is 0. The first kappa shape index (κ1) is 11.2. The van der Waals surface area contributed by atoms with E-state index >= 15 is 0 Å². The summed E-state index contributed by atoms with van der Waals surface area (Å²) in [4.78, 5) is 0. The van der Waals surface area contributed by atoms with Crippen LogP contribution in [0.3, 0.4) is 0 Å². The van der Waals surface area contributed by atoms with E-state index in [1.54, 1.807) is 6.07 Å². The second-order valence-electron chi connectivity index (χ2n) is 2.57. The molecule has 1 heterocycles. The highest BCUT2D eigenvalue weighted by atomic mass is 79.9. The van der Waals surface area contributed by atoms with Gasteiger partial charge in [-0.15, -0.1) is 0 Å². The average molecular weight is 332 g/mol. The number of aromatic nitrogens is 1. The largest absolute Gasteiger partial charge is 0.307 e. The molecule has 0 unspecified atom stereocenters. The molecule has 0 spiro atoms. The van der Waals surface area contributed by atoms with Crippen LogP contribution < -0.4 is 0 Å². The molecular weight excluding hydrogens is 324 g/mol. The zero-order chi connectivity index (χ0) is 10.2. The Morgan fingerprint density at radius 3 is 2.23 bits per heavy atom. The highest BCUT2D eigenvalue weighted by molar-refractivity contribution is 9.11. The van der Waals surface area contributed by atoms with Gasteiger partial charge in [0.15, 0.2) is 0 Å². The van der Waals surface area contributed by atoms with Gasteiger partial charge in [0, 0.05) is 24.8 Å². The van der Waals surface area contributed by atoms with Crippen LogP contribution in [0.25, 0.3) is 0 Å².